The molecule has 7 amide bonds. The number of unbranched alkanes of at least 4 members (excludes halogenated alkanes) is 27. The molecule has 802 valence electrons. The summed E-state index contributed by atoms with van der Waals surface area (Å²) in [6.45, 7) is 6.88. The van der Waals surface area contributed by atoms with E-state index in [9.17, 15) is 91.7 Å². The Labute approximate surface area is 825 Å². The van der Waals surface area contributed by atoms with E-state index in [0.717, 1.165) is 96.3 Å². The molecule has 0 aromatic heterocycles. The van der Waals surface area contributed by atoms with Crippen molar-refractivity contribution in [1.82, 2.24) is 37.2 Å². The van der Waals surface area contributed by atoms with Gasteiger partial charge in [0.25, 0.3) is 0 Å². The van der Waals surface area contributed by atoms with E-state index in [-0.39, 0.29) is 228 Å². The molecule has 0 aliphatic rings. The van der Waals surface area contributed by atoms with E-state index in [4.69, 9.17) is 65.3 Å². The minimum atomic E-state index is -1.32. The van der Waals surface area contributed by atoms with E-state index in [1.165, 1.54) is 64.7 Å². The molecule has 0 bridgehead atoms. The molecule has 0 saturated heterocycles. The first-order valence-corrected chi connectivity index (χ1v) is 51.6. The van der Waals surface area contributed by atoms with Crippen LogP contribution in [0.15, 0.2) is 0 Å². The van der Waals surface area contributed by atoms with Crippen LogP contribution < -0.4 is 54.4 Å². The number of amides is 7. The molecule has 0 aliphatic carbocycles. The highest BCUT2D eigenvalue weighted by atomic mass is 16.5. The van der Waals surface area contributed by atoms with E-state index < -0.39 is 89.7 Å². The molecule has 0 aromatic rings. The zero-order valence-corrected chi connectivity index (χ0v) is 84.3. The second-order valence-electron chi connectivity index (χ2n) is 36.7. The summed E-state index contributed by atoms with van der Waals surface area (Å²) in [5, 5.41) is 55.2. The van der Waals surface area contributed by atoms with Crippen LogP contribution in [0.5, 0.6) is 0 Å². The van der Waals surface area contributed by atoms with Gasteiger partial charge in [-0.3, -0.25) is 71.9 Å². The van der Waals surface area contributed by atoms with Crippen molar-refractivity contribution in [2.75, 3.05) is 138 Å². The molecule has 39 nitrogen and oxygen atoms in total. The lowest BCUT2D eigenvalue weighted by atomic mass is 9.82. The van der Waals surface area contributed by atoms with E-state index >= 15 is 0 Å². The molecule has 0 spiro atoms. The summed E-state index contributed by atoms with van der Waals surface area (Å²) < 4.78 is 43.4. The number of carbonyl (C=O) groups excluding carboxylic acids is 13. The maximum atomic E-state index is 13.8. The third kappa shape index (κ3) is 85.1. The van der Waals surface area contributed by atoms with Gasteiger partial charge in [-0.15, -0.1) is 0 Å². The van der Waals surface area contributed by atoms with Crippen molar-refractivity contribution in [2.45, 2.75) is 384 Å². The zero-order chi connectivity index (χ0) is 103. The first-order chi connectivity index (χ1) is 66.7. The Balaban J connectivity index is 4.21. The average molecular weight is 1980 g/mol. The predicted octanol–water partition coefficient (Wildman–Crippen LogP) is 9.35. The SMILES string of the molecule is CC(=O)[C@H](CCCCNC(=O)[C@@H](N)CCCCNC(=O)COCCOCCCC(=O)CC[C@H](NC(=O)COCCOCCCC(=O)CCCCCCCCCCCCCCC(=O)O)C(=O)O)CC(=O)[C@H](CCCCNC(=O)[C@@H](N)CCCCCC(=O)COCCOCCNC(=O)CC[C@H](NC(=O)COCCOCCNC(=O)CCCCCCCCCCCCCCC(=O)O)C(=O)O)CC(=O)C(C)(C)N. The van der Waals surface area contributed by atoms with E-state index in [1.807, 2.05) is 0 Å². The monoisotopic (exact) mass is 1980 g/mol. The van der Waals surface area contributed by atoms with Crippen molar-refractivity contribution in [3.8, 4) is 0 Å². The average Bonchev–Trinajstić information content (AvgIpc) is 0.864. The third-order valence-corrected chi connectivity index (χ3v) is 23.4. The largest absolute Gasteiger partial charge is 0.481 e. The molecular weight excluding hydrogens is 1810 g/mol. The lowest BCUT2D eigenvalue weighted by Gasteiger charge is -2.23. The number of Topliss-reactive ketones (excluding diaryl/α,β-unsaturated/α-hetero) is 6. The van der Waals surface area contributed by atoms with Crippen molar-refractivity contribution >= 4 is 99.9 Å². The van der Waals surface area contributed by atoms with E-state index in [1.54, 1.807) is 13.8 Å². The Morgan fingerprint density at radius 2 is 0.583 bits per heavy atom. The number of ether oxygens (including phenoxy) is 8. The highest BCUT2D eigenvalue weighted by Crippen LogP contribution is 2.25. The highest BCUT2D eigenvalue weighted by Gasteiger charge is 2.32. The van der Waals surface area contributed by atoms with Gasteiger partial charge in [-0.2, -0.15) is 0 Å². The molecule has 0 rings (SSSR count). The van der Waals surface area contributed by atoms with Gasteiger partial charge in [-0.1, -0.05) is 154 Å². The molecule has 17 N–H and O–H groups in total. The summed E-state index contributed by atoms with van der Waals surface area (Å²) in [4.78, 5) is 209. The number of rotatable bonds is 104. The third-order valence-electron chi connectivity index (χ3n) is 23.4. The number of carboxylic acids is 4. The normalized spacial score (nSPS) is 12.7. The van der Waals surface area contributed by atoms with Crippen molar-refractivity contribution in [3.63, 3.8) is 0 Å². The molecule has 0 saturated carbocycles. The second-order valence-corrected chi connectivity index (χ2v) is 36.7. The number of carboxylic acid groups (broad SMARTS) is 4. The van der Waals surface area contributed by atoms with Crippen LogP contribution >= 0.6 is 0 Å². The fraction of sp³-hybridized carbons (Fsp3) is 0.830. The summed E-state index contributed by atoms with van der Waals surface area (Å²) in [6, 6.07) is -4.17. The van der Waals surface area contributed by atoms with Crippen LogP contribution in [-0.2, 0) is 119 Å². The molecule has 0 aromatic carbocycles. The molecule has 0 fully saturated rings. The van der Waals surface area contributed by atoms with Crippen LogP contribution in [0.2, 0.25) is 0 Å². The second kappa shape index (κ2) is 89.8. The first kappa shape index (κ1) is 131. The maximum absolute atomic E-state index is 13.8. The summed E-state index contributed by atoms with van der Waals surface area (Å²) >= 11 is 0. The molecule has 0 radical (unpaired) electrons. The highest BCUT2D eigenvalue weighted by molar-refractivity contribution is 5.94. The van der Waals surface area contributed by atoms with Gasteiger partial charge in [0, 0.05) is 128 Å². The summed E-state index contributed by atoms with van der Waals surface area (Å²) in [5.74, 6) is -8.97. The molecule has 0 unspecified atom stereocenters. The number of aliphatic carboxylic acids is 4. The van der Waals surface area contributed by atoms with Crippen LogP contribution in [-0.4, -0.2) is 288 Å². The molecular formula is C100H178N10O29. The minimum absolute atomic E-state index is 0.0403. The Bertz CT molecular complexity index is 3390. The Morgan fingerprint density at radius 1 is 0.273 bits per heavy atom. The van der Waals surface area contributed by atoms with Gasteiger partial charge < -0.3 is 113 Å². The Morgan fingerprint density at radius 3 is 0.993 bits per heavy atom. The standard InChI is InChI=1S/C100H178N10O29/c1-77(111)78(39-31-34-55-107-97(127)84(102)46-33-36-54-104-91(119)74-137-68-63-133-60-38-44-81(113)50-51-85(98(128)129)109-92(120)75-138-69-64-132-59-37-43-80(112)41-25-20-16-12-8-4-6-10-14-18-22-29-48-94(122)123)71-87(115)79(72-88(116)100(2,3)103)40-32-35-56-108-96(126)83(101)45-27-24-26-42-82(114)73-136-67-65-134-62-58-106-90(118)53-52-86(99(130)131)110-93(121)76-139-70-66-135-61-57-105-89(117)47-28-21-17-13-9-5-7-11-15-19-23-30-49-95(124)125/h78-79,83-86H,4-76,101-103H2,1-3H3,(H,104,119)(H,105,117)(H,106,118)(H,107,127)(H,108,126)(H,109,120)(H,110,121)(H,122,123)(H,124,125)(H,128,129)(H,130,131)/t78-,79-,83+,84+,85+,86+/m1/s1. The van der Waals surface area contributed by atoms with E-state index in [0.29, 0.717) is 142 Å². The summed E-state index contributed by atoms with van der Waals surface area (Å²) in [7, 11) is 0. The van der Waals surface area contributed by atoms with E-state index in [2.05, 4.69) is 37.2 Å². The number of hydrogen-bond acceptors (Lipinski definition) is 28. The predicted molar refractivity (Wildman–Crippen MR) is 523 cm³/mol. The molecule has 6 atom stereocenters. The molecule has 139 heavy (non-hydrogen) atoms. The van der Waals surface area contributed by atoms with Gasteiger partial charge >= 0.3 is 23.9 Å². The number of nitrogens with two attached hydrogens (primary N) is 3. The van der Waals surface area contributed by atoms with Crippen LogP contribution in [0.3, 0.4) is 0 Å². The van der Waals surface area contributed by atoms with Gasteiger partial charge in [-0.05, 0) is 130 Å². The van der Waals surface area contributed by atoms with Crippen molar-refractivity contribution < 1.29 is 140 Å². The van der Waals surface area contributed by atoms with Crippen molar-refractivity contribution in [1.29, 1.82) is 0 Å². The van der Waals surface area contributed by atoms with Gasteiger partial charge in [0.05, 0.1) is 83.7 Å². The number of hydrogen-bond donors (Lipinski definition) is 14. The smallest absolute Gasteiger partial charge is 0.326 e. The summed E-state index contributed by atoms with van der Waals surface area (Å²) in [6.07, 6.45) is 34.9. The minimum Gasteiger partial charge on any atom is -0.481 e. The quantitative estimate of drug-likeness (QED) is 0.0252. The Kier molecular flexibility index (Phi) is 84.5. The summed E-state index contributed by atoms with van der Waals surface area (Å²) in [5.41, 5.74) is 17.3. The number of nitrogens with one attached hydrogen (secondary N) is 7. The number of carbonyl (C=O) groups is 17. The van der Waals surface area contributed by atoms with Gasteiger partial charge in [-0.25, -0.2) is 9.59 Å². The maximum Gasteiger partial charge on any atom is 0.326 e. The van der Waals surface area contributed by atoms with Gasteiger partial charge in [0.15, 0.2) is 11.6 Å². The van der Waals surface area contributed by atoms with Crippen molar-refractivity contribution in [2.24, 2.45) is 29.0 Å². The lowest BCUT2D eigenvalue weighted by molar-refractivity contribution is -0.143. The Hall–Kier alpha value is -8.25. The van der Waals surface area contributed by atoms with Crippen LogP contribution in [0, 0.1) is 11.8 Å². The van der Waals surface area contributed by atoms with Crippen LogP contribution in [0.25, 0.3) is 0 Å². The van der Waals surface area contributed by atoms with Crippen LogP contribution in [0.1, 0.15) is 355 Å². The fourth-order valence-corrected chi connectivity index (χ4v) is 14.9. The van der Waals surface area contributed by atoms with Crippen molar-refractivity contribution in [3.05, 3.63) is 0 Å². The molecule has 0 heterocycles. The molecule has 0 aliphatic heterocycles. The van der Waals surface area contributed by atoms with Crippen LogP contribution in [0.4, 0.5) is 0 Å². The molecule has 39 heteroatoms. The van der Waals surface area contributed by atoms with Gasteiger partial charge in [0.2, 0.25) is 41.4 Å². The number of ketones is 6. The fourth-order valence-electron chi connectivity index (χ4n) is 14.9. The topological polar surface area (TPSA) is 607 Å². The first-order valence-electron chi connectivity index (χ1n) is 51.6. The lowest BCUT2D eigenvalue weighted by Crippen LogP contribution is -2.43. The zero-order valence-electron chi connectivity index (χ0n) is 84.3. The van der Waals surface area contributed by atoms with Gasteiger partial charge in [0.1, 0.15) is 61.6 Å².